The Morgan fingerprint density at radius 3 is 2.06 bits per heavy atom. The van der Waals surface area contributed by atoms with Crippen LogP contribution in [0.25, 0.3) is 0 Å². The SMILES string of the molecule is COc1ccc([C@@H]2CN(C(C)(C)C)C[C@@]2(F)C(=O)N2C[C@H](C(=O)O)[C@@H](c3ccc(C(F)(F)F)cc3N3CCC(C(=O)OC(C)(C)C)CC3)C2)cc1. The zero-order valence-electron chi connectivity index (χ0n) is 30.3. The summed E-state index contributed by atoms with van der Waals surface area (Å²) >= 11 is 0. The van der Waals surface area contributed by atoms with Crippen molar-refractivity contribution in [2.45, 2.75) is 89.2 Å². The molecule has 2 aromatic rings. The van der Waals surface area contributed by atoms with Crippen LogP contribution in [-0.4, -0.2) is 95.9 Å². The van der Waals surface area contributed by atoms with E-state index in [-0.39, 0.29) is 50.9 Å². The highest BCUT2D eigenvalue weighted by Crippen LogP contribution is 2.47. The fourth-order valence-electron chi connectivity index (χ4n) is 7.60. The number of carbonyl (C=O) groups is 3. The summed E-state index contributed by atoms with van der Waals surface area (Å²) in [6, 6.07) is 10.1. The first-order valence-corrected chi connectivity index (χ1v) is 17.4. The van der Waals surface area contributed by atoms with E-state index in [1.54, 1.807) is 49.9 Å². The molecule has 3 heterocycles. The number of carboxylic acid groups (broad SMARTS) is 1. The second-order valence-electron chi connectivity index (χ2n) is 16.1. The van der Waals surface area contributed by atoms with Crippen molar-refractivity contribution in [2.75, 3.05) is 51.3 Å². The van der Waals surface area contributed by atoms with Crippen LogP contribution >= 0.6 is 0 Å². The van der Waals surface area contributed by atoms with Crippen molar-refractivity contribution >= 4 is 23.5 Å². The lowest BCUT2D eigenvalue weighted by molar-refractivity contribution is -0.160. The van der Waals surface area contributed by atoms with Gasteiger partial charge in [0.25, 0.3) is 5.91 Å². The van der Waals surface area contributed by atoms with Crippen LogP contribution in [0.2, 0.25) is 0 Å². The number of ether oxygens (including phenoxy) is 2. The maximum atomic E-state index is 17.5. The zero-order valence-corrected chi connectivity index (χ0v) is 30.3. The lowest BCUT2D eigenvalue weighted by atomic mass is 9.85. The Bertz CT molecular complexity index is 1610. The van der Waals surface area contributed by atoms with E-state index >= 15 is 4.39 Å². The van der Waals surface area contributed by atoms with Crippen molar-refractivity contribution in [2.24, 2.45) is 11.8 Å². The predicted molar refractivity (Wildman–Crippen MR) is 184 cm³/mol. The van der Waals surface area contributed by atoms with Gasteiger partial charge in [0.05, 0.1) is 24.5 Å². The maximum absolute atomic E-state index is 17.5. The Labute approximate surface area is 296 Å². The van der Waals surface area contributed by atoms with Gasteiger partial charge in [-0.2, -0.15) is 13.2 Å². The van der Waals surface area contributed by atoms with Gasteiger partial charge in [-0.3, -0.25) is 19.3 Å². The van der Waals surface area contributed by atoms with Crippen LogP contribution in [0.4, 0.5) is 23.2 Å². The Kier molecular flexibility index (Phi) is 10.5. The molecule has 0 unspecified atom stereocenters. The highest BCUT2D eigenvalue weighted by atomic mass is 19.4. The van der Waals surface area contributed by atoms with Crippen LogP contribution in [-0.2, 0) is 25.3 Å². The molecule has 3 aliphatic rings. The maximum Gasteiger partial charge on any atom is 0.416 e. The summed E-state index contributed by atoms with van der Waals surface area (Å²) in [6.07, 6.45) is -3.99. The van der Waals surface area contributed by atoms with E-state index in [1.165, 1.54) is 18.1 Å². The number of amides is 1. The first-order valence-electron chi connectivity index (χ1n) is 17.4. The molecule has 3 saturated heterocycles. The third-order valence-corrected chi connectivity index (χ3v) is 10.5. The Balaban J connectivity index is 1.46. The van der Waals surface area contributed by atoms with E-state index in [9.17, 15) is 32.7 Å². The minimum Gasteiger partial charge on any atom is -0.497 e. The molecule has 13 heteroatoms. The number of carboxylic acids is 1. The molecule has 0 aromatic heterocycles. The molecule has 51 heavy (non-hydrogen) atoms. The summed E-state index contributed by atoms with van der Waals surface area (Å²) in [5, 5.41) is 10.4. The number of benzene rings is 2. The summed E-state index contributed by atoms with van der Waals surface area (Å²) in [5.41, 5.74) is -3.31. The fraction of sp³-hybridized carbons (Fsp3) is 0.605. The second kappa shape index (κ2) is 13.9. The highest BCUT2D eigenvalue weighted by molar-refractivity contribution is 5.89. The largest absolute Gasteiger partial charge is 0.497 e. The van der Waals surface area contributed by atoms with Crippen LogP contribution in [0.5, 0.6) is 5.75 Å². The molecule has 3 aliphatic heterocycles. The molecular weight excluding hydrogens is 670 g/mol. The zero-order chi connectivity index (χ0) is 37.7. The second-order valence-corrected chi connectivity index (χ2v) is 16.1. The Morgan fingerprint density at radius 1 is 0.902 bits per heavy atom. The topological polar surface area (TPSA) is 99.6 Å². The molecule has 3 fully saturated rings. The normalized spacial score (nSPS) is 25.3. The number of hydrogen-bond donors (Lipinski definition) is 1. The molecule has 5 rings (SSSR count). The van der Waals surface area contributed by atoms with Gasteiger partial charge in [0, 0.05) is 62.3 Å². The molecule has 0 bridgehead atoms. The van der Waals surface area contributed by atoms with Crippen LogP contribution < -0.4 is 9.64 Å². The minimum absolute atomic E-state index is 0.181. The number of piperidine rings is 1. The van der Waals surface area contributed by atoms with Gasteiger partial charge < -0.3 is 24.4 Å². The fourth-order valence-corrected chi connectivity index (χ4v) is 7.60. The predicted octanol–water partition coefficient (Wildman–Crippen LogP) is 6.50. The average molecular weight is 720 g/mol. The molecule has 0 aliphatic carbocycles. The quantitative estimate of drug-likeness (QED) is 0.256. The summed E-state index contributed by atoms with van der Waals surface area (Å²) in [7, 11) is 1.52. The highest BCUT2D eigenvalue weighted by Gasteiger charge is 2.58. The van der Waals surface area contributed by atoms with Gasteiger partial charge in [0.15, 0.2) is 0 Å². The van der Waals surface area contributed by atoms with Gasteiger partial charge in [-0.1, -0.05) is 18.2 Å². The van der Waals surface area contributed by atoms with Gasteiger partial charge in [-0.15, -0.1) is 0 Å². The molecule has 0 radical (unpaired) electrons. The van der Waals surface area contributed by atoms with Gasteiger partial charge in [-0.25, -0.2) is 4.39 Å². The summed E-state index contributed by atoms with van der Waals surface area (Å²) in [4.78, 5) is 44.7. The van der Waals surface area contributed by atoms with Gasteiger partial charge >= 0.3 is 18.1 Å². The number of esters is 1. The first-order chi connectivity index (χ1) is 23.6. The average Bonchev–Trinajstić information content (AvgIpc) is 3.66. The molecular formula is C38H49F4N3O6. The molecule has 1 N–H and O–H groups in total. The van der Waals surface area contributed by atoms with Crippen molar-refractivity contribution in [3.05, 3.63) is 59.2 Å². The van der Waals surface area contributed by atoms with E-state index in [2.05, 4.69) is 0 Å². The van der Waals surface area contributed by atoms with Gasteiger partial charge in [-0.05, 0) is 89.8 Å². The number of rotatable bonds is 7. The Morgan fingerprint density at radius 2 is 1.53 bits per heavy atom. The summed E-state index contributed by atoms with van der Waals surface area (Å²) in [6.45, 7) is 11.1. The molecule has 2 aromatic carbocycles. The first kappa shape index (κ1) is 38.4. The third kappa shape index (κ3) is 8.13. The monoisotopic (exact) mass is 719 g/mol. The third-order valence-electron chi connectivity index (χ3n) is 10.5. The van der Waals surface area contributed by atoms with E-state index in [1.807, 2.05) is 25.7 Å². The number of methoxy groups -OCH3 is 1. The number of likely N-dealkylation sites (tertiary alicyclic amines) is 2. The van der Waals surface area contributed by atoms with E-state index in [4.69, 9.17) is 9.47 Å². The number of halogens is 4. The van der Waals surface area contributed by atoms with Crippen molar-refractivity contribution in [1.29, 1.82) is 0 Å². The molecule has 9 nitrogen and oxygen atoms in total. The molecule has 4 atom stereocenters. The van der Waals surface area contributed by atoms with Crippen molar-refractivity contribution in [1.82, 2.24) is 9.80 Å². The summed E-state index contributed by atoms with van der Waals surface area (Å²) < 4.78 is 70.3. The Hall–Kier alpha value is -3.87. The molecule has 280 valence electrons. The van der Waals surface area contributed by atoms with E-state index < -0.39 is 64.1 Å². The van der Waals surface area contributed by atoms with E-state index in [0.29, 0.717) is 29.7 Å². The lowest BCUT2D eigenvalue weighted by Crippen LogP contribution is -2.51. The van der Waals surface area contributed by atoms with Crippen LogP contribution in [0, 0.1) is 11.8 Å². The van der Waals surface area contributed by atoms with Crippen molar-refractivity contribution in [3.63, 3.8) is 0 Å². The lowest BCUT2D eigenvalue weighted by Gasteiger charge is -2.36. The smallest absolute Gasteiger partial charge is 0.416 e. The van der Waals surface area contributed by atoms with Crippen LogP contribution in [0.3, 0.4) is 0 Å². The van der Waals surface area contributed by atoms with Gasteiger partial charge in [0.1, 0.15) is 11.4 Å². The number of hydrogen-bond acceptors (Lipinski definition) is 7. The number of aliphatic carboxylic acids is 1. The summed E-state index contributed by atoms with van der Waals surface area (Å²) in [5.74, 6) is -5.24. The van der Waals surface area contributed by atoms with Crippen LogP contribution in [0.1, 0.15) is 82.9 Å². The molecule has 1 amide bonds. The van der Waals surface area contributed by atoms with Crippen molar-refractivity contribution in [3.8, 4) is 5.75 Å². The van der Waals surface area contributed by atoms with Crippen LogP contribution in [0.15, 0.2) is 42.5 Å². The number of alkyl halides is 4. The van der Waals surface area contributed by atoms with E-state index in [0.717, 1.165) is 12.1 Å². The molecule has 0 saturated carbocycles. The number of anilines is 1. The number of nitrogens with zero attached hydrogens (tertiary/aromatic N) is 3. The van der Waals surface area contributed by atoms with Crippen molar-refractivity contribution < 1.29 is 46.5 Å². The number of carbonyl (C=O) groups excluding carboxylic acids is 2. The standard InChI is InChI=1S/C38H49F4N3O6/c1-35(2,3)45-21-30(23-8-11-26(50-7)12-9-23)37(39,22-45)34(49)44-19-28(29(20-44)32(46)47)27-13-10-25(38(40,41)42)18-31(27)43-16-14-24(15-17-43)33(48)51-36(4,5)6/h8-13,18,24,28-30H,14-17,19-22H2,1-7H3,(H,46,47)/t28-,29+,30+,37+/m1/s1. The minimum atomic E-state index is -4.66. The molecule has 0 spiro atoms. The van der Waals surface area contributed by atoms with Gasteiger partial charge in [0.2, 0.25) is 5.67 Å².